The first-order chi connectivity index (χ1) is 17.6. The van der Waals surface area contributed by atoms with Crippen LogP contribution in [0.15, 0.2) is 83.3 Å². The molecule has 0 aliphatic rings. The Hall–Kier alpha value is -4.85. The molecule has 0 unspecified atom stereocenters. The minimum absolute atomic E-state index is 0.307. The molecule has 0 saturated carbocycles. The number of hydrogen-bond acceptors (Lipinski definition) is 7. The Bertz CT molecular complexity index is 1530. The van der Waals surface area contributed by atoms with E-state index in [1.54, 1.807) is 30.3 Å². The number of hydrogen-bond donors (Lipinski definition) is 1. The Kier molecular flexibility index (Phi) is 6.23. The average Bonchev–Trinajstić information content (AvgIpc) is 3.35. The van der Waals surface area contributed by atoms with Gasteiger partial charge in [0.25, 0.3) is 5.91 Å². The minimum atomic E-state index is -0.637. The molecular weight excluding hydrogens is 460 g/mol. The fourth-order valence-corrected chi connectivity index (χ4v) is 3.96. The van der Waals surface area contributed by atoms with Gasteiger partial charge in [-0.2, -0.15) is 0 Å². The van der Waals surface area contributed by atoms with Gasteiger partial charge >= 0.3 is 5.97 Å². The second-order valence-electron chi connectivity index (χ2n) is 7.92. The molecule has 0 spiro atoms. The summed E-state index contributed by atoms with van der Waals surface area (Å²) >= 11 is 0. The van der Waals surface area contributed by atoms with Gasteiger partial charge in [-0.3, -0.25) is 4.79 Å². The smallest absolute Gasteiger partial charge is 0.339 e. The third kappa shape index (κ3) is 4.56. The van der Waals surface area contributed by atoms with E-state index in [1.807, 2.05) is 48.5 Å². The number of amides is 1. The maximum absolute atomic E-state index is 13.1. The van der Waals surface area contributed by atoms with Crippen molar-refractivity contribution in [1.82, 2.24) is 4.98 Å². The molecule has 4 aromatic carbocycles. The van der Waals surface area contributed by atoms with Crippen LogP contribution < -0.4 is 14.8 Å². The van der Waals surface area contributed by atoms with Crippen molar-refractivity contribution in [3.8, 4) is 23.0 Å². The Balaban J connectivity index is 1.39. The van der Waals surface area contributed by atoms with Gasteiger partial charge in [-0.25, -0.2) is 9.78 Å². The van der Waals surface area contributed by atoms with Gasteiger partial charge in [0.1, 0.15) is 17.0 Å². The van der Waals surface area contributed by atoms with E-state index in [9.17, 15) is 9.59 Å². The molecule has 0 aliphatic carbocycles. The molecule has 8 heteroatoms. The molecule has 1 N–H and O–H groups in total. The predicted molar refractivity (Wildman–Crippen MR) is 135 cm³/mol. The zero-order valence-electron chi connectivity index (χ0n) is 19.6. The van der Waals surface area contributed by atoms with Crippen molar-refractivity contribution in [3.63, 3.8) is 0 Å². The molecule has 1 amide bonds. The fourth-order valence-electron chi connectivity index (χ4n) is 3.96. The number of carbonyl (C=O) groups excluding carboxylic acids is 2. The predicted octanol–water partition coefficient (Wildman–Crippen LogP) is 5.46. The van der Waals surface area contributed by atoms with Crippen molar-refractivity contribution in [1.29, 1.82) is 0 Å². The molecule has 5 aromatic rings. The van der Waals surface area contributed by atoms with E-state index in [0.717, 1.165) is 10.9 Å². The molecule has 0 radical (unpaired) electrons. The van der Waals surface area contributed by atoms with Gasteiger partial charge in [0.15, 0.2) is 12.2 Å². The summed E-state index contributed by atoms with van der Waals surface area (Å²) in [6, 6.07) is 23.3. The fraction of sp³-hybridized carbons (Fsp3) is 0.107. The van der Waals surface area contributed by atoms with Crippen LogP contribution in [0.4, 0.5) is 5.69 Å². The van der Waals surface area contributed by atoms with Crippen molar-refractivity contribution in [3.05, 3.63) is 84.4 Å². The molecule has 36 heavy (non-hydrogen) atoms. The lowest BCUT2D eigenvalue weighted by Crippen LogP contribution is -2.21. The number of ether oxygens (including phenoxy) is 3. The SMILES string of the molecule is COc1cc(NC(=O)COC(=O)c2cccc3cccc(-c4nc5ccccc5o4)c23)cc(OC)c1. The van der Waals surface area contributed by atoms with Gasteiger partial charge in [0.05, 0.1) is 19.8 Å². The maximum Gasteiger partial charge on any atom is 0.339 e. The lowest BCUT2D eigenvalue weighted by molar-refractivity contribution is -0.119. The Morgan fingerprint density at radius 3 is 2.33 bits per heavy atom. The Labute approximate surface area is 206 Å². The van der Waals surface area contributed by atoms with Crippen molar-refractivity contribution in [2.24, 2.45) is 0 Å². The Morgan fingerprint density at radius 2 is 1.61 bits per heavy atom. The number of fused-ring (bicyclic) bond motifs is 2. The van der Waals surface area contributed by atoms with Crippen LogP contribution in [0, 0.1) is 0 Å². The summed E-state index contributed by atoms with van der Waals surface area (Å²) in [5.74, 6) is 0.292. The summed E-state index contributed by atoms with van der Waals surface area (Å²) in [5.41, 5.74) is 2.78. The second-order valence-corrected chi connectivity index (χ2v) is 7.92. The molecule has 0 saturated heterocycles. The highest BCUT2D eigenvalue weighted by Crippen LogP contribution is 2.33. The number of para-hydroxylation sites is 2. The molecule has 1 aromatic heterocycles. The number of carbonyl (C=O) groups is 2. The zero-order chi connectivity index (χ0) is 25.1. The van der Waals surface area contributed by atoms with Gasteiger partial charge < -0.3 is 23.9 Å². The van der Waals surface area contributed by atoms with Gasteiger partial charge in [0.2, 0.25) is 5.89 Å². The van der Waals surface area contributed by atoms with Crippen LogP contribution in [-0.4, -0.2) is 37.7 Å². The first kappa shape index (κ1) is 22.9. The second kappa shape index (κ2) is 9.79. The lowest BCUT2D eigenvalue weighted by Gasteiger charge is -2.11. The molecule has 0 atom stereocenters. The molecule has 0 fully saturated rings. The van der Waals surface area contributed by atoms with Crippen molar-refractivity contribution < 1.29 is 28.2 Å². The normalized spacial score (nSPS) is 10.8. The standard InChI is InChI=1S/C28H22N2O6/c1-33-19-13-18(14-20(15-19)34-2)29-25(31)16-35-28(32)22-10-6-8-17-7-5-9-21(26(17)22)27-30-23-11-3-4-12-24(23)36-27/h3-15H,16H2,1-2H3,(H,29,31). The molecule has 5 rings (SSSR count). The highest BCUT2D eigenvalue weighted by molar-refractivity contribution is 6.10. The zero-order valence-corrected chi connectivity index (χ0v) is 19.6. The van der Waals surface area contributed by atoms with Crippen molar-refractivity contribution in [2.45, 2.75) is 0 Å². The highest BCUT2D eigenvalue weighted by Gasteiger charge is 2.19. The van der Waals surface area contributed by atoms with Crippen LogP contribution in [0.3, 0.4) is 0 Å². The van der Waals surface area contributed by atoms with Gasteiger partial charge in [0, 0.05) is 34.8 Å². The van der Waals surface area contributed by atoms with Gasteiger partial charge in [-0.1, -0.05) is 36.4 Å². The monoisotopic (exact) mass is 482 g/mol. The van der Waals surface area contributed by atoms with Crippen LogP contribution in [0.2, 0.25) is 0 Å². The van der Waals surface area contributed by atoms with E-state index in [-0.39, 0.29) is 0 Å². The van der Waals surface area contributed by atoms with E-state index in [4.69, 9.17) is 18.6 Å². The average molecular weight is 482 g/mol. The number of oxazole rings is 1. The number of aromatic nitrogens is 1. The summed E-state index contributed by atoms with van der Waals surface area (Å²) in [6.45, 7) is -0.472. The number of nitrogens with one attached hydrogen (secondary N) is 1. The number of methoxy groups -OCH3 is 2. The van der Waals surface area contributed by atoms with Crippen LogP contribution >= 0.6 is 0 Å². The third-order valence-corrected chi connectivity index (χ3v) is 5.62. The van der Waals surface area contributed by atoms with Gasteiger partial charge in [-0.15, -0.1) is 0 Å². The summed E-state index contributed by atoms with van der Waals surface area (Å²) in [6.07, 6.45) is 0. The van der Waals surface area contributed by atoms with E-state index >= 15 is 0 Å². The first-order valence-corrected chi connectivity index (χ1v) is 11.1. The van der Waals surface area contributed by atoms with Crippen LogP contribution in [0.1, 0.15) is 10.4 Å². The topological polar surface area (TPSA) is 99.9 Å². The van der Waals surface area contributed by atoms with E-state index in [2.05, 4.69) is 10.3 Å². The number of nitrogens with zero attached hydrogens (tertiary/aromatic N) is 1. The minimum Gasteiger partial charge on any atom is -0.497 e. The molecule has 0 bridgehead atoms. The summed E-state index contributed by atoms with van der Waals surface area (Å²) < 4.78 is 21.7. The van der Waals surface area contributed by atoms with Crippen LogP contribution in [-0.2, 0) is 9.53 Å². The van der Waals surface area contributed by atoms with Crippen LogP contribution in [0.25, 0.3) is 33.3 Å². The number of rotatable bonds is 7. The summed E-state index contributed by atoms with van der Waals surface area (Å²) in [7, 11) is 3.03. The van der Waals surface area contributed by atoms with E-state index < -0.39 is 18.5 Å². The largest absolute Gasteiger partial charge is 0.497 e. The van der Waals surface area contributed by atoms with E-state index in [1.165, 1.54) is 14.2 Å². The maximum atomic E-state index is 13.1. The Morgan fingerprint density at radius 1 is 0.889 bits per heavy atom. The summed E-state index contributed by atoms with van der Waals surface area (Å²) in [4.78, 5) is 30.2. The molecule has 8 nitrogen and oxygen atoms in total. The quantitative estimate of drug-likeness (QED) is 0.308. The molecule has 0 aliphatic heterocycles. The van der Waals surface area contributed by atoms with Gasteiger partial charge in [-0.05, 0) is 29.7 Å². The van der Waals surface area contributed by atoms with Crippen molar-refractivity contribution >= 4 is 39.4 Å². The summed E-state index contributed by atoms with van der Waals surface area (Å²) in [5, 5.41) is 4.14. The third-order valence-electron chi connectivity index (χ3n) is 5.62. The molecule has 180 valence electrons. The van der Waals surface area contributed by atoms with Crippen LogP contribution in [0.5, 0.6) is 11.5 Å². The number of anilines is 1. The highest BCUT2D eigenvalue weighted by atomic mass is 16.5. The number of benzene rings is 4. The molecule has 1 heterocycles. The number of esters is 1. The lowest BCUT2D eigenvalue weighted by atomic mass is 9.99. The first-order valence-electron chi connectivity index (χ1n) is 11.1. The van der Waals surface area contributed by atoms with E-state index in [0.29, 0.717) is 45.2 Å². The molecular formula is C28H22N2O6. The van der Waals surface area contributed by atoms with Crippen molar-refractivity contribution in [2.75, 3.05) is 26.1 Å².